The molecule has 0 spiro atoms. The quantitative estimate of drug-likeness (QED) is 0.0752. The van der Waals surface area contributed by atoms with Gasteiger partial charge in [-0.3, -0.25) is 0 Å². The van der Waals surface area contributed by atoms with Crippen molar-refractivity contribution in [2.45, 2.75) is 168 Å². The van der Waals surface area contributed by atoms with Gasteiger partial charge in [0.25, 0.3) is 0 Å². The van der Waals surface area contributed by atoms with Crippen molar-refractivity contribution >= 4 is 0 Å². The van der Waals surface area contributed by atoms with E-state index in [1.165, 1.54) is 154 Å². The van der Waals surface area contributed by atoms with Crippen LogP contribution in [-0.4, -0.2) is 38.4 Å². The molecule has 0 atom stereocenters. The average Bonchev–Trinajstić information content (AvgIpc) is 2.79. The van der Waals surface area contributed by atoms with Crippen molar-refractivity contribution in [3.05, 3.63) is 5.21 Å². The first-order chi connectivity index (χ1) is 16.5. The molecule has 0 radical (unpaired) electrons. The Kier molecular flexibility index (Phi) is 32.8. The molecule has 0 amide bonds. The van der Waals surface area contributed by atoms with E-state index in [0.717, 1.165) is 13.0 Å². The molecule has 34 heavy (non-hydrogen) atoms. The number of rotatable bonds is 26. The topological polar surface area (TPSA) is 35.1 Å². The number of hydrogen-bond acceptors (Lipinski definition) is 2. The molecule has 0 aliphatic rings. The molecule has 3 heteroatoms. The monoisotopic (exact) mass is 485 g/mol. The molecule has 3 nitrogen and oxygen atoms in total. The molecule has 0 aromatic carbocycles. The number of hydroxylamine groups is 3. The molecule has 0 saturated heterocycles. The normalized spacial score (nSPS) is 11.5. The third-order valence-corrected chi connectivity index (χ3v) is 6.68. The molecule has 0 bridgehead atoms. The highest BCUT2D eigenvalue weighted by Crippen LogP contribution is 2.12. The van der Waals surface area contributed by atoms with Crippen molar-refractivity contribution in [3.63, 3.8) is 0 Å². The van der Waals surface area contributed by atoms with E-state index in [1.54, 1.807) is 14.1 Å². The molecule has 208 valence electrons. The summed E-state index contributed by atoms with van der Waals surface area (Å²) < 4.78 is -0.156. The van der Waals surface area contributed by atoms with Gasteiger partial charge in [0.15, 0.2) is 0 Å². The van der Waals surface area contributed by atoms with E-state index in [4.69, 9.17) is 0 Å². The fourth-order valence-electron chi connectivity index (χ4n) is 4.49. The van der Waals surface area contributed by atoms with Crippen LogP contribution in [-0.2, 0) is 0 Å². The molecule has 0 aliphatic carbocycles. The predicted molar refractivity (Wildman–Crippen MR) is 156 cm³/mol. The number of nitrogens with one attached hydrogen (secondary N) is 1. The summed E-state index contributed by atoms with van der Waals surface area (Å²) in [5.74, 6) is 0. The average molecular weight is 485 g/mol. The van der Waals surface area contributed by atoms with Crippen LogP contribution >= 0.6 is 0 Å². The Morgan fingerprint density at radius 2 is 0.676 bits per heavy atom. The highest BCUT2D eigenvalue weighted by atomic mass is 16.5. The predicted octanol–water partition coefficient (Wildman–Crippen LogP) is 10.2. The number of hydrogen-bond donors (Lipinski definition) is 1. The first kappa shape index (κ1) is 36.0. The van der Waals surface area contributed by atoms with Crippen molar-refractivity contribution in [1.29, 1.82) is 0 Å². The molecule has 0 fully saturated rings. The Balaban J connectivity index is 0. The van der Waals surface area contributed by atoms with Crippen molar-refractivity contribution in [1.82, 2.24) is 5.32 Å². The van der Waals surface area contributed by atoms with Crippen LogP contribution in [0.4, 0.5) is 0 Å². The Bertz CT molecular complexity index is 317. The molecule has 0 heterocycles. The molecule has 0 saturated carbocycles. The molecule has 0 unspecified atom stereocenters. The van der Waals surface area contributed by atoms with Crippen LogP contribution in [0.1, 0.15) is 168 Å². The standard InChI is InChI=1S/C26H55N.C5H13NO/c1-3-5-7-9-11-13-15-16-18-20-22-24-26-27-25-23-21-19-17-14-12-10-8-6-4-2;1-4-5-6(2,3)7/h27H,3-26H2,1-2H3;4-5H2,1-3H3. The maximum atomic E-state index is 10.6. The van der Waals surface area contributed by atoms with Gasteiger partial charge in [-0.25, -0.2) is 0 Å². The Hall–Kier alpha value is -0.120. The third kappa shape index (κ3) is 39.1. The van der Waals surface area contributed by atoms with Crippen molar-refractivity contribution in [2.75, 3.05) is 33.7 Å². The smallest absolute Gasteiger partial charge is 0.0777 e. The second-order valence-electron chi connectivity index (χ2n) is 11.1. The van der Waals surface area contributed by atoms with Crippen LogP contribution < -0.4 is 5.32 Å². The van der Waals surface area contributed by atoms with E-state index in [0.29, 0.717) is 0 Å². The van der Waals surface area contributed by atoms with Gasteiger partial charge in [-0.2, -0.15) is 0 Å². The Morgan fingerprint density at radius 1 is 0.412 bits per heavy atom. The summed E-state index contributed by atoms with van der Waals surface area (Å²) >= 11 is 0. The fourth-order valence-corrected chi connectivity index (χ4v) is 4.49. The maximum Gasteiger partial charge on any atom is 0.0777 e. The van der Waals surface area contributed by atoms with Gasteiger partial charge in [-0.1, -0.05) is 149 Å². The summed E-state index contributed by atoms with van der Waals surface area (Å²) in [7, 11) is 3.31. The van der Waals surface area contributed by atoms with Crippen molar-refractivity contribution in [2.24, 2.45) is 0 Å². The van der Waals surface area contributed by atoms with Crippen LogP contribution in [0.5, 0.6) is 0 Å². The molecular formula is C31H68N2O. The summed E-state index contributed by atoms with van der Waals surface area (Å²) in [5, 5.41) is 14.3. The van der Waals surface area contributed by atoms with Crippen molar-refractivity contribution < 1.29 is 4.65 Å². The van der Waals surface area contributed by atoms with Gasteiger partial charge in [0.2, 0.25) is 0 Å². The molecule has 0 aliphatic heterocycles. The minimum absolute atomic E-state index is 0.156. The van der Waals surface area contributed by atoms with E-state index in [-0.39, 0.29) is 4.65 Å². The first-order valence-corrected chi connectivity index (χ1v) is 15.7. The van der Waals surface area contributed by atoms with Crippen LogP contribution in [0, 0.1) is 5.21 Å². The lowest BCUT2D eigenvalue weighted by molar-refractivity contribution is -0.839. The number of unbranched alkanes of at least 4 members (excludes halogenated alkanes) is 20. The highest BCUT2D eigenvalue weighted by Gasteiger charge is 1.96. The van der Waals surface area contributed by atoms with Crippen LogP contribution in [0.25, 0.3) is 0 Å². The minimum Gasteiger partial charge on any atom is -0.633 e. The van der Waals surface area contributed by atoms with E-state index in [9.17, 15) is 5.21 Å². The summed E-state index contributed by atoms with van der Waals surface area (Å²) in [6.45, 7) is 9.82. The molecule has 1 N–H and O–H groups in total. The Morgan fingerprint density at radius 3 is 0.882 bits per heavy atom. The van der Waals surface area contributed by atoms with E-state index in [1.807, 2.05) is 6.92 Å². The third-order valence-electron chi connectivity index (χ3n) is 6.68. The zero-order valence-electron chi connectivity index (χ0n) is 24.7. The summed E-state index contributed by atoms with van der Waals surface area (Å²) in [4.78, 5) is 0. The highest BCUT2D eigenvalue weighted by molar-refractivity contribution is 4.53. The second-order valence-corrected chi connectivity index (χ2v) is 11.1. The lowest BCUT2D eigenvalue weighted by Gasteiger charge is -2.33. The Labute approximate surface area is 217 Å². The summed E-state index contributed by atoms with van der Waals surface area (Å²) in [6, 6.07) is 0. The van der Waals surface area contributed by atoms with Gasteiger partial charge in [-0.05, 0) is 32.4 Å². The van der Waals surface area contributed by atoms with E-state index >= 15 is 0 Å². The van der Waals surface area contributed by atoms with Gasteiger partial charge >= 0.3 is 0 Å². The lowest BCUT2D eigenvalue weighted by Crippen LogP contribution is -2.32. The van der Waals surface area contributed by atoms with Gasteiger partial charge in [-0.15, -0.1) is 0 Å². The first-order valence-electron chi connectivity index (χ1n) is 15.7. The van der Waals surface area contributed by atoms with Crippen LogP contribution in [0.15, 0.2) is 0 Å². The zero-order chi connectivity index (χ0) is 25.6. The van der Waals surface area contributed by atoms with Crippen molar-refractivity contribution in [3.8, 4) is 0 Å². The SMILES string of the molecule is CCCCCCCCCCCCCCNCCCCCCCCCCCC.CCC[N+](C)(C)[O-]. The van der Waals surface area contributed by atoms with E-state index < -0.39 is 0 Å². The largest absolute Gasteiger partial charge is 0.633 e. The molecule has 0 rings (SSSR count). The lowest BCUT2D eigenvalue weighted by atomic mass is 10.1. The number of quaternary nitrogens is 1. The summed E-state index contributed by atoms with van der Waals surface area (Å²) in [6.07, 6.45) is 32.7. The summed E-state index contributed by atoms with van der Waals surface area (Å²) in [5.41, 5.74) is 0. The molecule has 0 aromatic heterocycles. The van der Waals surface area contributed by atoms with Gasteiger partial charge < -0.3 is 15.2 Å². The van der Waals surface area contributed by atoms with Gasteiger partial charge in [0.1, 0.15) is 0 Å². The van der Waals surface area contributed by atoms with Gasteiger partial charge in [0, 0.05) is 0 Å². The van der Waals surface area contributed by atoms with Crippen LogP contribution in [0.3, 0.4) is 0 Å². The molecular weight excluding hydrogens is 416 g/mol. The minimum atomic E-state index is -0.156. The zero-order valence-corrected chi connectivity index (χ0v) is 24.7. The van der Waals surface area contributed by atoms with Gasteiger partial charge in [0.05, 0.1) is 20.6 Å². The maximum absolute atomic E-state index is 10.6. The molecule has 0 aromatic rings. The van der Waals surface area contributed by atoms with E-state index in [2.05, 4.69) is 19.2 Å². The fraction of sp³-hybridized carbons (Fsp3) is 1.00. The van der Waals surface area contributed by atoms with Crippen LogP contribution in [0.2, 0.25) is 0 Å². The second kappa shape index (κ2) is 30.9. The number of nitrogens with zero attached hydrogens (tertiary/aromatic N) is 1.